The van der Waals surface area contributed by atoms with E-state index in [0.717, 1.165) is 28.2 Å². The fourth-order valence-electron chi connectivity index (χ4n) is 2.15. The van der Waals surface area contributed by atoms with Crippen molar-refractivity contribution >= 4 is 5.88 Å². The first-order valence-electron chi connectivity index (χ1n) is 6.14. The van der Waals surface area contributed by atoms with Crippen molar-refractivity contribution in [1.82, 2.24) is 5.16 Å². The minimum atomic E-state index is 0.283. The highest BCUT2D eigenvalue weighted by atomic mass is 16.5. The Balaban J connectivity index is 2.13. The maximum Gasteiger partial charge on any atom is 0.230 e. The van der Waals surface area contributed by atoms with E-state index in [4.69, 9.17) is 19.4 Å². The molecule has 2 aromatic heterocycles. The zero-order chi connectivity index (χ0) is 14.1. The summed E-state index contributed by atoms with van der Waals surface area (Å²) in [5.74, 6) is 1.84. The van der Waals surface area contributed by atoms with E-state index in [1.165, 1.54) is 0 Å². The molecule has 5 heteroatoms. The van der Waals surface area contributed by atoms with Gasteiger partial charge in [-0.3, -0.25) is 0 Å². The molecule has 5 nitrogen and oxygen atoms in total. The molecule has 0 aliphatic heterocycles. The molecule has 2 N–H and O–H groups in total. The van der Waals surface area contributed by atoms with Crippen LogP contribution in [0, 0.1) is 6.92 Å². The maximum absolute atomic E-state index is 5.91. The zero-order valence-electron chi connectivity index (χ0n) is 11.2. The summed E-state index contributed by atoms with van der Waals surface area (Å²) in [7, 11) is 1.63. The van der Waals surface area contributed by atoms with Gasteiger partial charge < -0.3 is 19.4 Å². The summed E-state index contributed by atoms with van der Waals surface area (Å²) >= 11 is 0. The average Bonchev–Trinajstić information content (AvgIpc) is 3.05. The van der Waals surface area contributed by atoms with Crippen LogP contribution in [0.3, 0.4) is 0 Å². The fourth-order valence-corrected chi connectivity index (χ4v) is 2.15. The summed E-state index contributed by atoms with van der Waals surface area (Å²) in [6.07, 6.45) is 1.62. The van der Waals surface area contributed by atoms with Gasteiger partial charge in [-0.2, -0.15) is 0 Å². The summed E-state index contributed by atoms with van der Waals surface area (Å²) in [5.41, 5.74) is 9.14. The van der Waals surface area contributed by atoms with Gasteiger partial charge in [0.2, 0.25) is 5.88 Å². The molecule has 0 saturated carbocycles. The van der Waals surface area contributed by atoms with Gasteiger partial charge in [0.05, 0.1) is 18.9 Å². The van der Waals surface area contributed by atoms with E-state index in [1.807, 2.05) is 37.3 Å². The predicted octanol–water partition coefficient (Wildman–Crippen LogP) is 3.50. The summed E-state index contributed by atoms with van der Waals surface area (Å²) < 4.78 is 15.6. The Hall–Kier alpha value is -2.69. The van der Waals surface area contributed by atoms with Crippen LogP contribution in [-0.4, -0.2) is 12.3 Å². The molecular weight excluding hydrogens is 256 g/mol. The van der Waals surface area contributed by atoms with E-state index < -0.39 is 0 Å². The summed E-state index contributed by atoms with van der Waals surface area (Å²) in [6.45, 7) is 1.87. The third-order valence-electron chi connectivity index (χ3n) is 3.21. The molecule has 0 fully saturated rings. The number of rotatable bonds is 3. The highest BCUT2D eigenvalue weighted by Crippen LogP contribution is 2.38. The molecule has 3 rings (SSSR count). The Morgan fingerprint density at radius 3 is 2.50 bits per heavy atom. The second-order valence-corrected chi connectivity index (χ2v) is 4.39. The molecule has 0 aliphatic rings. The molecule has 0 bridgehead atoms. The number of nitrogens with zero attached hydrogens (tertiary/aromatic N) is 1. The molecule has 0 radical (unpaired) electrons. The van der Waals surface area contributed by atoms with E-state index in [2.05, 4.69) is 5.16 Å². The molecule has 1 aromatic carbocycles. The second-order valence-electron chi connectivity index (χ2n) is 4.39. The van der Waals surface area contributed by atoms with Crippen LogP contribution in [0.4, 0.5) is 5.88 Å². The van der Waals surface area contributed by atoms with Crippen molar-refractivity contribution in [2.75, 3.05) is 12.8 Å². The third kappa shape index (κ3) is 1.93. The lowest BCUT2D eigenvalue weighted by Gasteiger charge is -2.04. The number of methoxy groups -OCH3 is 1. The number of anilines is 1. The molecule has 0 spiro atoms. The number of hydrogen-bond acceptors (Lipinski definition) is 5. The molecule has 0 unspecified atom stereocenters. The van der Waals surface area contributed by atoms with Crippen LogP contribution >= 0.6 is 0 Å². The average molecular weight is 270 g/mol. The van der Waals surface area contributed by atoms with E-state index in [9.17, 15) is 0 Å². The fraction of sp³-hybridized carbons (Fsp3) is 0.133. The minimum Gasteiger partial charge on any atom is -0.497 e. The molecule has 0 amide bonds. The molecule has 0 saturated heterocycles. The highest BCUT2D eigenvalue weighted by molar-refractivity contribution is 5.87. The van der Waals surface area contributed by atoms with Gasteiger partial charge in [-0.15, -0.1) is 0 Å². The number of benzene rings is 1. The number of hydrogen-bond donors (Lipinski definition) is 1. The third-order valence-corrected chi connectivity index (χ3v) is 3.21. The number of aryl methyl sites for hydroxylation is 1. The van der Waals surface area contributed by atoms with Crippen molar-refractivity contribution in [2.24, 2.45) is 0 Å². The van der Waals surface area contributed by atoms with E-state index in [1.54, 1.807) is 13.4 Å². The lowest BCUT2D eigenvalue weighted by molar-refractivity contribution is 0.415. The van der Waals surface area contributed by atoms with Gasteiger partial charge in [-0.1, -0.05) is 17.3 Å². The number of furan rings is 1. The van der Waals surface area contributed by atoms with E-state index >= 15 is 0 Å². The molecule has 0 atom stereocenters. The van der Waals surface area contributed by atoms with Crippen LogP contribution in [0.1, 0.15) is 5.76 Å². The predicted molar refractivity (Wildman–Crippen MR) is 75.3 cm³/mol. The van der Waals surface area contributed by atoms with E-state index in [-0.39, 0.29) is 5.88 Å². The van der Waals surface area contributed by atoms with Crippen molar-refractivity contribution in [2.45, 2.75) is 6.92 Å². The lowest BCUT2D eigenvalue weighted by Crippen LogP contribution is -1.88. The van der Waals surface area contributed by atoms with Crippen LogP contribution in [-0.2, 0) is 0 Å². The van der Waals surface area contributed by atoms with Gasteiger partial charge in [0.1, 0.15) is 17.2 Å². The molecule has 20 heavy (non-hydrogen) atoms. The van der Waals surface area contributed by atoms with Crippen molar-refractivity contribution in [3.05, 3.63) is 42.4 Å². The normalized spacial score (nSPS) is 10.7. The van der Waals surface area contributed by atoms with Gasteiger partial charge in [0, 0.05) is 5.56 Å². The standard InChI is InChI=1S/C15H14N2O3/c1-9-12(7-8-19-9)14-13(15(16)20-17-14)10-3-5-11(18-2)6-4-10/h3-8H,16H2,1-2H3. The van der Waals surface area contributed by atoms with Gasteiger partial charge in [0.25, 0.3) is 0 Å². The van der Waals surface area contributed by atoms with Crippen molar-refractivity contribution in [3.8, 4) is 28.1 Å². The topological polar surface area (TPSA) is 74.4 Å². The Bertz CT molecular complexity index is 726. The van der Waals surface area contributed by atoms with Crippen LogP contribution < -0.4 is 10.5 Å². The summed E-state index contributed by atoms with van der Waals surface area (Å²) in [6, 6.07) is 9.42. The van der Waals surface area contributed by atoms with Crippen molar-refractivity contribution in [3.63, 3.8) is 0 Å². The lowest BCUT2D eigenvalue weighted by atomic mass is 10.0. The Morgan fingerprint density at radius 1 is 1.15 bits per heavy atom. The summed E-state index contributed by atoms with van der Waals surface area (Å²) in [4.78, 5) is 0. The Labute approximate surface area is 115 Å². The molecule has 0 aliphatic carbocycles. The SMILES string of the molecule is COc1ccc(-c2c(-c3ccoc3C)noc2N)cc1. The van der Waals surface area contributed by atoms with Crippen LogP contribution in [0.15, 0.2) is 45.5 Å². The molecule has 3 aromatic rings. The largest absolute Gasteiger partial charge is 0.497 e. The Morgan fingerprint density at radius 2 is 1.90 bits per heavy atom. The monoisotopic (exact) mass is 270 g/mol. The van der Waals surface area contributed by atoms with Crippen LogP contribution in [0.25, 0.3) is 22.4 Å². The molecule has 102 valence electrons. The second kappa shape index (κ2) is 4.77. The summed E-state index contributed by atoms with van der Waals surface area (Å²) in [5, 5.41) is 4.05. The number of ether oxygens (including phenoxy) is 1. The minimum absolute atomic E-state index is 0.283. The number of nitrogen functional groups attached to an aromatic ring is 1. The first-order chi connectivity index (χ1) is 9.70. The molecule has 2 heterocycles. The number of nitrogens with two attached hydrogens (primary N) is 1. The smallest absolute Gasteiger partial charge is 0.230 e. The quantitative estimate of drug-likeness (QED) is 0.788. The number of aromatic nitrogens is 1. The zero-order valence-corrected chi connectivity index (χ0v) is 11.2. The van der Waals surface area contributed by atoms with Gasteiger partial charge in [-0.05, 0) is 30.7 Å². The maximum atomic E-state index is 5.91. The van der Waals surface area contributed by atoms with Crippen molar-refractivity contribution < 1.29 is 13.7 Å². The van der Waals surface area contributed by atoms with Crippen LogP contribution in [0.2, 0.25) is 0 Å². The van der Waals surface area contributed by atoms with Crippen LogP contribution in [0.5, 0.6) is 5.75 Å². The first-order valence-corrected chi connectivity index (χ1v) is 6.14. The van der Waals surface area contributed by atoms with Gasteiger partial charge >= 0.3 is 0 Å². The van der Waals surface area contributed by atoms with Gasteiger partial charge in [0.15, 0.2) is 0 Å². The Kier molecular flexibility index (Phi) is 2.95. The van der Waals surface area contributed by atoms with E-state index in [0.29, 0.717) is 5.69 Å². The molecular formula is C15H14N2O3. The van der Waals surface area contributed by atoms with Gasteiger partial charge in [-0.25, -0.2) is 0 Å². The van der Waals surface area contributed by atoms with Crippen molar-refractivity contribution in [1.29, 1.82) is 0 Å². The highest BCUT2D eigenvalue weighted by Gasteiger charge is 2.20. The first kappa shape index (κ1) is 12.3.